The number of carbonyl (C=O) groups excluding carboxylic acids is 3. The summed E-state index contributed by atoms with van der Waals surface area (Å²) < 4.78 is 0. The predicted molar refractivity (Wildman–Crippen MR) is 70.6 cm³/mol. The van der Waals surface area contributed by atoms with E-state index in [1.54, 1.807) is 24.3 Å². The Hall–Kier alpha value is -1.62. The molecule has 0 saturated carbocycles. The topological polar surface area (TPSA) is 54.5 Å². The van der Waals surface area contributed by atoms with Gasteiger partial charge in [0, 0.05) is 12.8 Å². The molecule has 1 unspecified atom stereocenters. The predicted octanol–water partition coefficient (Wildman–Crippen LogP) is 1.42. The van der Waals surface area contributed by atoms with Gasteiger partial charge in [-0.05, 0) is 24.0 Å². The molecule has 94 valence electrons. The molecule has 1 heterocycles. The number of thioether (sulfide) groups is 1. The molecule has 2 amide bonds. The molecule has 18 heavy (non-hydrogen) atoms. The SMILES string of the molecule is CSC1CC(=O)N(c2ccc(CC=O)cc2)C1=O. The Morgan fingerprint density at radius 2 is 2.00 bits per heavy atom. The van der Waals surface area contributed by atoms with Crippen molar-refractivity contribution in [3.05, 3.63) is 29.8 Å². The summed E-state index contributed by atoms with van der Waals surface area (Å²) in [5.74, 6) is -0.321. The van der Waals surface area contributed by atoms with E-state index in [1.165, 1.54) is 16.7 Å². The van der Waals surface area contributed by atoms with Crippen molar-refractivity contribution in [2.75, 3.05) is 11.2 Å². The van der Waals surface area contributed by atoms with Gasteiger partial charge in [-0.2, -0.15) is 11.8 Å². The van der Waals surface area contributed by atoms with Crippen molar-refractivity contribution in [2.45, 2.75) is 18.1 Å². The average molecular weight is 263 g/mol. The zero-order valence-electron chi connectivity index (χ0n) is 9.96. The van der Waals surface area contributed by atoms with E-state index in [0.29, 0.717) is 12.1 Å². The van der Waals surface area contributed by atoms with Crippen molar-refractivity contribution in [1.82, 2.24) is 0 Å². The summed E-state index contributed by atoms with van der Waals surface area (Å²) in [5.41, 5.74) is 1.45. The zero-order valence-corrected chi connectivity index (χ0v) is 10.8. The van der Waals surface area contributed by atoms with Crippen molar-refractivity contribution in [3.8, 4) is 0 Å². The van der Waals surface area contributed by atoms with E-state index in [0.717, 1.165) is 11.8 Å². The van der Waals surface area contributed by atoms with Gasteiger partial charge in [-0.3, -0.25) is 9.59 Å². The van der Waals surface area contributed by atoms with Crippen LogP contribution in [0.5, 0.6) is 0 Å². The second-order valence-corrected chi connectivity index (χ2v) is 5.07. The Balaban J connectivity index is 2.23. The van der Waals surface area contributed by atoms with Gasteiger partial charge in [0.05, 0.1) is 10.9 Å². The first-order valence-corrected chi connectivity index (χ1v) is 6.88. The summed E-state index contributed by atoms with van der Waals surface area (Å²) in [5, 5.41) is -0.271. The normalized spacial score (nSPS) is 19.4. The highest BCUT2D eigenvalue weighted by atomic mass is 32.2. The van der Waals surface area contributed by atoms with Crippen LogP contribution in [0.4, 0.5) is 5.69 Å². The molecule has 1 saturated heterocycles. The lowest BCUT2D eigenvalue weighted by Gasteiger charge is -2.14. The van der Waals surface area contributed by atoms with Crippen LogP contribution in [-0.2, 0) is 20.8 Å². The Labute approximate surface area is 109 Å². The van der Waals surface area contributed by atoms with Gasteiger partial charge in [0.1, 0.15) is 6.29 Å². The van der Waals surface area contributed by atoms with Crippen molar-refractivity contribution in [2.24, 2.45) is 0 Å². The third-order valence-corrected chi connectivity index (χ3v) is 3.84. The molecule has 1 aliphatic heterocycles. The van der Waals surface area contributed by atoms with E-state index in [1.807, 2.05) is 6.26 Å². The number of hydrogen-bond acceptors (Lipinski definition) is 4. The van der Waals surface area contributed by atoms with Crippen LogP contribution in [0.2, 0.25) is 0 Å². The Kier molecular flexibility index (Phi) is 3.81. The first kappa shape index (κ1) is 12.8. The summed E-state index contributed by atoms with van der Waals surface area (Å²) in [4.78, 5) is 35.4. The number of carbonyl (C=O) groups is 3. The minimum absolute atomic E-state index is 0.157. The molecule has 1 aromatic carbocycles. The van der Waals surface area contributed by atoms with E-state index >= 15 is 0 Å². The van der Waals surface area contributed by atoms with Crippen LogP contribution in [0.3, 0.4) is 0 Å². The Morgan fingerprint density at radius 3 is 2.50 bits per heavy atom. The zero-order chi connectivity index (χ0) is 13.1. The maximum Gasteiger partial charge on any atom is 0.247 e. The molecule has 0 N–H and O–H groups in total. The van der Waals surface area contributed by atoms with Gasteiger partial charge in [-0.15, -0.1) is 0 Å². The molecule has 0 aliphatic carbocycles. The van der Waals surface area contributed by atoms with E-state index in [4.69, 9.17) is 0 Å². The number of hydrogen-bond donors (Lipinski definition) is 0. The number of aldehydes is 1. The second kappa shape index (κ2) is 5.35. The molecule has 1 aromatic rings. The number of nitrogens with zero attached hydrogens (tertiary/aromatic N) is 1. The fraction of sp³-hybridized carbons (Fsp3) is 0.308. The van der Waals surface area contributed by atoms with Gasteiger partial charge >= 0.3 is 0 Å². The highest BCUT2D eigenvalue weighted by Crippen LogP contribution is 2.28. The first-order valence-electron chi connectivity index (χ1n) is 5.59. The van der Waals surface area contributed by atoms with Crippen LogP contribution in [0.1, 0.15) is 12.0 Å². The summed E-state index contributed by atoms with van der Waals surface area (Å²) >= 11 is 1.40. The van der Waals surface area contributed by atoms with Gasteiger partial charge in [0.25, 0.3) is 0 Å². The molecular weight excluding hydrogens is 250 g/mol. The molecule has 4 nitrogen and oxygen atoms in total. The van der Waals surface area contributed by atoms with E-state index in [-0.39, 0.29) is 23.5 Å². The van der Waals surface area contributed by atoms with Gasteiger partial charge < -0.3 is 4.79 Å². The van der Waals surface area contributed by atoms with Gasteiger partial charge in [-0.1, -0.05) is 12.1 Å². The average Bonchev–Trinajstić information content (AvgIpc) is 2.66. The Morgan fingerprint density at radius 1 is 1.33 bits per heavy atom. The smallest absolute Gasteiger partial charge is 0.247 e. The molecule has 0 radical (unpaired) electrons. The maximum absolute atomic E-state index is 12.0. The van der Waals surface area contributed by atoms with Crippen molar-refractivity contribution >= 4 is 35.5 Å². The van der Waals surface area contributed by atoms with E-state index in [2.05, 4.69) is 0 Å². The summed E-state index contributed by atoms with van der Waals surface area (Å²) in [6.07, 6.45) is 3.25. The van der Waals surface area contributed by atoms with E-state index < -0.39 is 0 Å². The molecule has 0 bridgehead atoms. The molecule has 1 atom stereocenters. The molecule has 5 heteroatoms. The standard InChI is InChI=1S/C13H13NO3S/c1-18-11-8-12(16)14(13(11)17)10-4-2-9(3-5-10)6-7-15/h2-5,7,11H,6,8H2,1H3. The highest BCUT2D eigenvalue weighted by molar-refractivity contribution is 8.00. The fourth-order valence-corrected chi connectivity index (χ4v) is 2.55. The first-order chi connectivity index (χ1) is 8.67. The summed E-state index contributed by atoms with van der Waals surface area (Å²) in [7, 11) is 0. The highest BCUT2D eigenvalue weighted by Gasteiger charge is 2.38. The van der Waals surface area contributed by atoms with Crippen LogP contribution < -0.4 is 4.90 Å². The van der Waals surface area contributed by atoms with Gasteiger partial charge in [0.2, 0.25) is 11.8 Å². The molecule has 0 aromatic heterocycles. The van der Waals surface area contributed by atoms with Crippen LogP contribution in [0, 0.1) is 0 Å². The lowest BCUT2D eigenvalue weighted by molar-refractivity contribution is -0.121. The number of anilines is 1. The minimum Gasteiger partial charge on any atom is -0.303 e. The van der Waals surface area contributed by atoms with Crippen LogP contribution in [0.25, 0.3) is 0 Å². The summed E-state index contributed by atoms with van der Waals surface area (Å²) in [6.45, 7) is 0. The molecule has 1 aliphatic rings. The van der Waals surface area contributed by atoms with Gasteiger partial charge in [0.15, 0.2) is 0 Å². The van der Waals surface area contributed by atoms with Crippen molar-refractivity contribution in [1.29, 1.82) is 0 Å². The number of rotatable bonds is 4. The lowest BCUT2D eigenvalue weighted by atomic mass is 10.1. The molecule has 2 rings (SSSR count). The third kappa shape index (κ3) is 2.31. The van der Waals surface area contributed by atoms with Crippen LogP contribution in [-0.4, -0.2) is 29.6 Å². The number of imide groups is 1. The molecule has 0 spiro atoms. The monoisotopic (exact) mass is 263 g/mol. The van der Waals surface area contributed by atoms with Crippen LogP contribution in [0.15, 0.2) is 24.3 Å². The van der Waals surface area contributed by atoms with Crippen molar-refractivity contribution < 1.29 is 14.4 Å². The second-order valence-electron chi connectivity index (χ2n) is 4.03. The lowest BCUT2D eigenvalue weighted by Crippen LogP contribution is -2.30. The maximum atomic E-state index is 12.0. The molecular formula is C13H13NO3S. The number of amides is 2. The minimum atomic E-state index is -0.271. The molecule has 1 fully saturated rings. The summed E-state index contributed by atoms with van der Waals surface area (Å²) in [6, 6.07) is 6.93. The van der Waals surface area contributed by atoms with Gasteiger partial charge in [-0.25, -0.2) is 4.90 Å². The van der Waals surface area contributed by atoms with E-state index in [9.17, 15) is 14.4 Å². The quantitative estimate of drug-likeness (QED) is 0.609. The van der Waals surface area contributed by atoms with Crippen molar-refractivity contribution in [3.63, 3.8) is 0 Å². The Bertz CT molecular complexity index is 484. The largest absolute Gasteiger partial charge is 0.303 e. The van der Waals surface area contributed by atoms with Crippen LogP contribution >= 0.6 is 11.8 Å². The fourth-order valence-electron chi connectivity index (χ4n) is 1.94. The third-order valence-electron chi connectivity index (χ3n) is 2.90. The number of benzene rings is 1.